The Hall–Kier alpha value is -2.56. The lowest BCUT2D eigenvalue weighted by molar-refractivity contribution is -0.384. The van der Waals surface area contributed by atoms with Gasteiger partial charge in [0.05, 0.1) is 16.3 Å². The number of anilines is 3. The first kappa shape index (κ1) is 13.9. The largest absolute Gasteiger partial charge is 0.397 e. The van der Waals surface area contributed by atoms with Gasteiger partial charge in [-0.25, -0.2) is 0 Å². The summed E-state index contributed by atoms with van der Waals surface area (Å²) in [5.74, 6) is 0. The molecule has 2 aromatic carbocycles. The SMILES string of the molecule is Cc1ccc(N(C)c2ccc([N+](=O)[O-])cc2N)c(C)c1. The molecule has 0 saturated carbocycles. The van der Waals surface area contributed by atoms with Gasteiger partial charge in [-0.2, -0.15) is 0 Å². The molecule has 0 fully saturated rings. The Morgan fingerprint density at radius 3 is 2.30 bits per heavy atom. The Kier molecular flexibility index (Phi) is 3.61. The number of hydrogen-bond acceptors (Lipinski definition) is 4. The van der Waals surface area contributed by atoms with Crippen LogP contribution in [0.5, 0.6) is 0 Å². The summed E-state index contributed by atoms with van der Waals surface area (Å²) in [7, 11) is 1.90. The highest BCUT2D eigenvalue weighted by Gasteiger charge is 2.13. The van der Waals surface area contributed by atoms with E-state index in [1.54, 1.807) is 6.07 Å². The molecule has 104 valence electrons. The summed E-state index contributed by atoms with van der Waals surface area (Å²) in [6.07, 6.45) is 0. The van der Waals surface area contributed by atoms with Crippen LogP contribution in [0.3, 0.4) is 0 Å². The molecule has 2 aromatic rings. The lowest BCUT2D eigenvalue weighted by Gasteiger charge is -2.23. The average Bonchev–Trinajstić information content (AvgIpc) is 2.37. The number of nitrogen functional groups attached to an aromatic ring is 1. The Labute approximate surface area is 117 Å². The third-order valence-corrected chi connectivity index (χ3v) is 3.30. The summed E-state index contributed by atoms with van der Waals surface area (Å²) in [5, 5.41) is 10.7. The zero-order valence-corrected chi connectivity index (χ0v) is 11.8. The van der Waals surface area contributed by atoms with Crippen molar-refractivity contribution in [1.82, 2.24) is 0 Å². The molecule has 0 bridgehead atoms. The van der Waals surface area contributed by atoms with Crippen LogP contribution >= 0.6 is 0 Å². The van der Waals surface area contributed by atoms with Gasteiger partial charge in [-0.3, -0.25) is 10.1 Å². The minimum Gasteiger partial charge on any atom is -0.397 e. The van der Waals surface area contributed by atoms with Gasteiger partial charge in [0.15, 0.2) is 0 Å². The van der Waals surface area contributed by atoms with E-state index in [0.29, 0.717) is 5.69 Å². The molecule has 0 aromatic heterocycles. The van der Waals surface area contributed by atoms with Crippen LogP contribution in [0.15, 0.2) is 36.4 Å². The van der Waals surface area contributed by atoms with Gasteiger partial charge in [0.2, 0.25) is 0 Å². The van der Waals surface area contributed by atoms with Crippen LogP contribution in [0.2, 0.25) is 0 Å². The van der Waals surface area contributed by atoms with Gasteiger partial charge in [-0.1, -0.05) is 17.7 Å². The Bertz CT molecular complexity index is 668. The number of nitrogens with zero attached hydrogens (tertiary/aromatic N) is 2. The Morgan fingerprint density at radius 2 is 1.75 bits per heavy atom. The summed E-state index contributed by atoms with van der Waals surface area (Å²) >= 11 is 0. The maximum atomic E-state index is 10.7. The van der Waals surface area contributed by atoms with E-state index in [2.05, 4.69) is 6.07 Å². The molecule has 0 aliphatic carbocycles. The quantitative estimate of drug-likeness (QED) is 0.526. The van der Waals surface area contributed by atoms with E-state index < -0.39 is 4.92 Å². The van der Waals surface area contributed by atoms with Crippen LogP contribution in [-0.4, -0.2) is 12.0 Å². The van der Waals surface area contributed by atoms with Crippen LogP contribution < -0.4 is 10.6 Å². The number of nitro groups is 1. The lowest BCUT2D eigenvalue weighted by atomic mass is 10.1. The molecule has 20 heavy (non-hydrogen) atoms. The van der Waals surface area contributed by atoms with E-state index >= 15 is 0 Å². The first-order valence-corrected chi connectivity index (χ1v) is 6.25. The van der Waals surface area contributed by atoms with E-state index in [9.17, 15) is 10.1 Å². The van der Waals surface area contributed by atoms with Crippen molar-refractivity contribution in [1.29, 1.82) is 0 Å². The monoisotopic (exact) mass is 271 g/mol. The number of rotatable bonds is 3. The van der Waals surface area contributed by atoms with Crippen LogP contribution in [0.4, 0.5) is 22.7 Å². The van der Waals surface area contributed by atoms with Crippen molar-refractivity contribution in [2.75, 3.05) is 17.7 Å². The maximum Gasteiger partial charge on any atom is 0.271 e. The van der Waals surface area contributed by atoms with E-state index in [0.717, 1.165) is 16.9 Å². The van der Waals surface area contributed by atoms with Gasteiger partial charge in [-0.05, 0) is 31.5 Å². The number of hydrogen-bond donors (Lipinski definition) is 1. The highest BCUT2D eigenvalue weighted by Crippen LogP contribution is 2.33. The molecule has 5 nitrogen and oxygen atoms in total. The molecule has 0 aliphatic heterocycles. The molecule has 5 heteroatoms. The van der Waals surface area contributed by atoms with Crippen molar-refractivity contribution in [3.05, 3.63) is 57.6 Å². The second-order valence-electron chi connectivity index (χ2n) is 4.85. The summed E-state index contributed by atoms with van der Waals surface area (Å²) in [6, 6.07) is 10.7. The van der Waals surface area contributed by atoms with E-state index in [-0.39, 0.29) is 5.69 Å². The second kappa shape index (κ2) is 5.21. The van der Waals surface area contributed by atoms with E-state index in [1.807, 2.05) is 37.9 Å². The van der Waals surface area contributed by atoms with E-state index in [4.69, 9.17) is 5.73 Å². The van der Waals surface area contributed by atoms with Crippen LogP contribution in [0.25, 0.3) is 0 Å². The smallest absolute Gasteiger partial charge is 0.271 e. The fourth-order valence-corrected chi connectivity index (χ4v) is 2.27. The maximum absolute atomic E-state index is 10.7. The second-order valence-corrected chi connectivity index (χ2v) is 4.85. The van der Waals surface area contributed by atoms with Gasteiger partial charge in [0.25, 0.3) is 5.69 Å². The molecule has 2 N–H and O–H groups in total. The summed E-state index contributed by atoms with van der Waals surface area (Å²) in [4.78, 5) is 12.2. The topological polar surface area (TPSA) is 72.4 Å². The molecule has 0 radical (unpaired) electrons. The van der Waals surface area contributed by atoms with Crippen LogP contribution in [0.1, 0.15) is 11.1 Å². The molecule has 0 amide bonds. The predicted octanol–water partition coefficient (Wildman–Crippen LogP) is 3.56. The van der Waals surface area contributed by atoms with Gasteiger partial charge >= 0.3 is 0 Å². The molecular formula is C15H17N3O2. The van der Waals surface area contributed by atoms with Crippen molar-refractivity contribution in [3.8, 4) is 0 Å². The number of nitrogens with two attached hydrogens (primary N) is 1. The average molecular weight is 271 g/mol. The van der Waals surface area contributed by atoms with Crippen molar-refractivity contribution in [2.45, 2.75) is 13.8 Å². The fraction of sp³-hybridized carbons (Fsp3) is 0.200. The number of aryl methyl sites for hydroxylation is 2. The molecule has 2 rings (SSSR count). The number of nitro benzene ring substituents is 1. The summed E-state index contributed by atoms with van der Waals surface area (Å²) < 4.78 is 0. The Balaban J connectivity index is 2.43. The summed E-state index contributed by atoms with van der Waals surface area (Å²) in [5.41, 5.74) is 10.4. The molecule has 0 saturated heterocycles. The molecular weight excluding hydrogens is 254 g/mol. The van der Waals surface area contributed by atoms with Crippen molar-refractivity contribution in [2.24, 2.45) is 0 Å². The van der Waals surface area contributed by atoms with Crippen LogP contribution in [-0.2, 0) is 0 Å². The van der Waals surface area contributed by atoms with E-state index in [1.165, 1.54) is 17.7 Å². The predicted molar refractivity (Wildman–Crippen MR) is 81.5 cm³/mol. The normalized spacial score (nSPS) is 10.3. The van der Waals surface area contributed by atoms with Gasteiger partial charge < -0.3 is 10.6 Å². The van der Waals surface area contributed by atoms with Crippen molar-refractivity contribution >= 4 is 22.7 Å². The number of non-ortho nitro benzene ring substituents is 1. The molecule has 0 aliphatic rings. The highest BCUT2D eigenvalue weighted by atomic mass is 16.6. The lowest BCUT2D eigenvalue weighted by Crippen LogP contribution is -2.13. The van der Waals surface area contributed by atoms with Crippen molar-refractivity contribution < 1.29 is 4.92 Å². The Morgan fingerprint density at radius 1 is 1.10 bits per heavy atom. The van der Waals surface area contributed by atoms with Gasteiger partial charge in [-0.15, -0.1) is 0 Å². The zero-order chi connectivity index (χ0) is 14.9. The summed E-state index contributed by atoms with van der Waals surface area (Å²) in [6.45, 7) is 4.07. The standard InChI is InChI=1S/C15H17N3O2/c1-10-4-6-14(11(2)8-10)17(3)15-7-5-12(18(19)20)9-13(15)16/h4-9H,16H2,1-3H3. The molecule has 0 heterocycles. The minimum atomic E-state index is -0.447. The van der Waals surface area contributed by atoms with Gasteiger partial charge in [0.1, 0.15) is 0 Å². The number of benzene rings is 2. The first-order chi connectivity index (χ1) is 9.40. The van der Waals surface area contributed by atoms with Gasteiger partial charge in [0, 0.05) is 24.9 Å². The molecule has 0 spiro atoms. The van der Waals surface area contributed by atoms with Crippen LogP contribution in [0, 0.1) is 24.0 Å². The highest BCUT2D eigenvalue weighted by molar-refractivity contribution is 5.77. The third-order valence-electron chi connectivity index (χ3n) is 3.30. The van der Waals surface area contributed by atoms with Crippen molar-refractivity contribution in [3.63, 3.8) is 0 Å². The molecule has 0 unspecified atom stereocenters. The minimum absolute atomic E-state index is 0.000257. The third kappa shape index (κ3) is 2.56. The fourth-order valence-electron chi connectivity index (χ4n) is 2.27. The first-order valence-electron chi connectivity index (χ1n) is 6.25. The molecule has 0 atom stereocenters. The zero-order valence-electron chi connectivity index (χ0n) is 11.8.